The number of hydrogen-bond acceptors (Lipinski definition) is 3. The normalized spacial score (nSPS) is 21.4. The number of carbonyl (C=O) groups excluding carboxylic acids is 1. The highest BCUT2D eigenvalue weighted by Gasteiger charge is 2.27. The first-order valence-electron chi connectivity index (χ1n) is 7.03. The molecule has 3 N–H and O–H groups in total. The first kappa shape index (κ1) is 15.2. The van der Waals surface area contributed by atoms with Crippen LogP contribution >= 0.6 is 0 Å². The van der Waals surface area contributed by atoms with Crippen LogP contribution in [-0.2, 0) is 4.79 Å². The number of carboxylic acids is 1. The summed E-state index contributed by atoms with van der Waals surface area (Å²) in [6.45, 7) is 0. The lowest BCUT2D eigenvalue weighted by atomic mass is 9.86. The number of urea groups is 1. The summed E-state index contributed by atoms with van der Waals surface area (Å²) in [6, 6.07) is 6.69. The molecule has 1 aliphatic carbocycles. The highest BCUT2D eigenvalue weighted by Crippen LogP contribution is 2.25. The van der Waals surface area contributed by atoms with Crippen LogP contribution < -0.4 is 15.4 Å². The molecule has 21 heavy (non-hydrogen) atoms. The molecule has 0 bridgehead atoms. The van der Waals surface area contributed by atoms with Crippen molar-refractivity contribution in [1.29, 1.82) is 0 Å². The van der Waals surface area contributed by atoms with Crippen molar-refractivity contribution in [1.82, 2.24) is 5.32 Å². The second-order valence-electron chi connectivity index (χ2n) is 5.20. The largest absolute Gasteiger partial charge is 0.495 e. The van der Waals surface area contributed by atoms with Gasteiger partial charge in [0.05, 0.1) is 18.7 Å². The Morgan fingerprint density at radius 2 is 2.05 bits per heavy atom. The second kappa shape index (κ2) is 6.97. The molecule has 0 spiro atoms. The van der Waals surface area contributed by atoms with Crippen LogP contribution in [0.15, 0.2) is 24.3 Å². The molecule has 0 radical (unpaired) electrons. The standard InChI is InChI=1S/C15H20N2O4/c1-21-13-8-3-2-7-12(13)17-15(20)16-11-6-4-5-10(9-11)14(18)19/h2-3,7-8,10-11H,4-6,9H2,1H3,(H,18,19)(H2,16,17,20). The van der Waals surface area contributed by atoms with E-state index < -0.39 is 5.97 Å². The van der Waals surface area contributed by atoms with Crippen LogP contribution in [0, 0.1) is 5.92 Å². The Morgan fingerprint density at radius 3 is 2.76 bits per heavy atom. The van der Waals surface area contributed by atoms with E-state index in [1.807, 2.05) is 6.07 Å². The molecule has 0 aliphatic heterocycles. The summed E-state index contributed by atoms with van der Waals surface area (Å²) >= 11 is 0. The molecular weight excluding hydrogens is 272 g/mol. The number of amides is 2. The minimum Gasteiger partial charge on any atom is -0.495 e. The first-order valence-corrected chi connectivity index (χ1v) is 7.03. The van der Waals surface area contributed by atoms with Crippen LogP contribution in [0.2, 0.25) is 0 Å². The smallest absolute Gasteiger partial charge is 0.319 e. The van der Waals surface area contributed by atoms with Crippen LogP contribution in [-0.4, -0.2) is 30.3 Å². The highest BCUT2D eigenvalue weighted by atomic mass is 16.5. The summed E-state index contributed by atoms with van der Waals surface area (Å²) in [6.07, 6.45) is 2.79. The van der Waals surface area contributed by atoms with Crippen molar-refractivity contribution in [2.45, 2.75) is 31.7 Å². The average molecular weight is 292 g/mol. The van der Waals surface area contributed by atoms with Gasteiger partial charge in [-0.3, -0.25) is 4.79 Å². The Morgan fingerprint density at radius 1 is 1.29 bits per heavy atom. The third-order valence-corrected chi connectivity index (χ3v) is 3.71. The maximum atomic E-state index is 12.0. The number of methoxy groups -OCH3 is 1. The fourth-order valence-electron chi connectivity index (χ4n) is 2.64. The predicted molar refractivity (Wildman–Crippen MR) is 78.5 cm³/mol. The lowest BCUT2D eigenvalue weighted by Gasteiger charge is -2.27. The molecule has 0 heterocycles. The number of rotatable bonds is 4. The summed E-state index contributed by atoms with van der Waals surface area (Å²) < 4.78 is 5.16. The van der Waals surface area contributed by atoms with E-state index in [-0.39, 0.29) is 18.0 Å². The van der Waals surface area contributed by atoms with Gasteiger partial charge in [0.15, 0.2) is 0 Å². The molecule has 2 rings (SSSR count). The van der Waals surface area contributed by atoms with E-state index >= 15 is 0 Å². The molecule has 1 aromatic rings. The van der Waals surface area contributed by atoms with E-state index in [0.717, 1.165) is 12.8 Å². The summed E-state index contributed by atoms with van der Waals surface area (Å²) in [5, 5.41) is 14.6. The highest BCUT2D eigenvalue weighted by molar-refractivity contribution is 5.91. The molecule has 114 valence electrons. The molecule has 2 atom stereocenters. The van der Waals surface area contributed by atoms with Gasteiger partial charge in [-0.1, -0.05) is 18.6 Å². The van der Waals surface area contributed by atoms with Gasteiger partial charge in [-0.05, 0) is 31.4 Å². The third-order valence-electron chi connectivity index (χ3n) is 3.71. The van der Waals surface area contributed by atoms with Crippen LogP contribution in [0.4, 0.5) is 10.5 Å². The number of para-hydroxylation sites is 2. The van der Waals surface area contributed by atoms with Crippen molar-refractivity contribution in [3.8, 4) is 5.75 Å². The van der Waals surface area contributed by atoms with Crippen molar-refractivity contribution in [2.24, 2.45) is 5.92 Å². The molecule has 2 unspecified atom stereocenters. The molecule has 1 saturated carbocycles. The number of hydrogen-bond donors (Lipinski definition) is 3. The van der Waals surface area contributed by atoms with E-state index in [4.69, 9.17) is 9.84 Å². The SMILES string of the molecule is COc1ccccc1NC(=O)NC1CCCC(C(=O)O)C1. The Bertz CT molecular complexity index is 518. The zero-order valence-corrected chi connectivity index (χ0v) is 12.0. The molecule has 6 heteroatoms. The molecular formula is C15H20N2O4. The van der Waals surface area contributed by atoms with Gasteiger partial charge < -0.3 is 20.5 Å². The Balaban J connectivity index is 1.91. The zero-order chi connectivity index (χ0) is 15.2. The minimum absolute atomic E-state index is 0.102. The number of carboxylic acid groups (broad SMARTS) is 1. The fourth-order valence-corrected chi connectivity index (χ4v) is 2.64. The van der Waals surface area contributed by atoms with Crippen LogP contribution in [0.1, 0.15) is 25.7 Å². The molecule has 2 amide bonds. The van der Waals surface area contributed by atoms with Crippen LogP contribution in [0.5, 0.6) is 5.75 Å². The second-order valence-corrected chi connectivity index (χ2v) is 5.20. The van der Waals surface area contributed by atoms with Crippen molar-refractivity contribution in [2.75, 3.05) is 12.4 Å². The molecule has 1 aliphatic rings. The molecule has 1 aromatic carbocycles. The monoisotopic (exact) mass is 292 g/mol. The number of ether oxygens (including phenoxy) is 1. The molecule has 6 nitrogen and oxygen atoms in total. The number of nitrogens with one attached hydrogen (secondary N) is 2. The van der Waals surface area contributed by atoms with E-state index in [1.54, 1.807) is 18.2 Å². The summed E-state index contributed by atoms with van der Waals surface area (Å²) in [5.74, 6) is -0.568. The summed E-state index contributed by atoms with van der Waals surface area (Å²) in [7, 11) is 1.54. The van der Waals surface area contributed by atoms with E-state index in [2.05, 4.69) is 10.6 Å². The number of aliphatic carboxylic acids is 1. The Labute approximate surface area is 123 Å². The van der Waals surface area contributed by atoms with Gasteiger partial charge in [-0.25, -0.2) is 4.79 Å². The summed E-state index contributed by atoms with van der Waals surface area (Å²) in [4.78, 5) is 23.0. The van der Waals surface area contributed by atoms with Gasteiger partial charge >= 0.3 is 12.0 Å². The topological polar surface area (TPSA) is 87.7 Å². The van der Waals surface area contributed by atoms with Gasteiger partial charge in [0, 0.05) is 6.04 Å². The van der Waals surface area contributed by atoms with E-state index in [0.29, 0.717) is 24.3 Å². The lowest BCUT2D eigenvalue weighted by Crippen LogP contribution is -2.42. The quantitative estimate of drug-likeness (QED) is 0.795. The van der Waals surface area contributed by atoms with Crippen molar-refractivity contribution >= 4 is 17.7 Å². The summed E-state index contributed by atoms with van der Waals surface area (Å²) in [5.41, 5.74) is 0.586. The lowest BCUT2D eigenvalue weighted by molar-refractivity contribution is -0.143. The third kappa shape index (κ3) is 4.11. The molecule has 0 saturated heterocycles. The molecule has 0 aromatic heterocycles. The van der Waals surface area contributed by atoms with Crippen molar-refractivity contribution < 1.29 is 19.4 Å². The van der Waals surface area contributed by atoms with Gasteiger partial charge in [-0.2, -0.15) is 0 Å². The van der Waals surface area contributed by atoms with Crippen molar-refractivity contribution in [3.63, 3.8) is 0 Å². The maximum Gasteiger partial charge on any atom is 0.319 e. The number of anilines is 1. The van der Waals surface area contributed by atoms with Gasteiger partial charge in [0.1, 0.15) is 5.75 Å². The Hall–Kier alpha value is -2.24. The van der Waals surface area contributed by atoms with Gasteiger partial charge in [0.2, 0.25) is 0 Å². The van der Waals surface area contributed by atoms with Crippen LogP contribution in [0.25, 0.3) is 0 Å². The average Bonchev–Trinajstić information content (AvgIpc) is 2.48. The number of carbonyl (C=O) groups is 2. The number of benzene rings is 1. The fraction of sp³-hybridized carbons (Fsp3) is 0.467. The predicted octanol–water partition coefficient (Wildman–Crippen LogP) is 2.46. The maximum absolute atomic E-state index is 12.0. The van der Waals surface area contributed by atoms with Crippen molar-refractivity contribution in [3.05, 3.63) is 24.3 Å². The van der Waals surface area contributed by atoms with E-state index in [9.17, 15) is 9.59 Å². The van der Waals surface area contributed by atoms with Crippen LogP contribution in [0.3, 0.4) is 0 Å². The first-order chi connectivity index (χ1) is 10.1. The van der Waals surface area contributed by atoms with Gasteiger partial charge in [0.25, 0.3) is 0 Å². The van der Waals surface area contributed by atoms with E-state index in [1.165, 1.54) is 7.11 Å². The minimum atomic E-state index is -0.786. The zero-order valence-electron chi connectivity index (χ0n) is 12.0. The molecule has 1 fully saturated rings. The van der Waals surface area contributed by atoms with Gasteiger partial charge in [-0.15, -0.1) is 0 Å². The Kier molecular flexibility index (Phi) is 5.03.